The molecule has 0 aromatic heterocycles. The second-order valence-electron chi connectivity index (χ2n) is 2.98. The summed E-state index contributed by atoms with van der Waals surface area (Å²) in [6, 6.07) is 4.01. The fourth-order valence-electron chi connectivity index (χ4n) is 1.46. The molecule has 1 heterocycles. The molecule has 0 aliphatic carbocycles. The summed E-state index contributed by atoms with van der Waals surface area (Å²) in [5.74, 6) is 2.67. The molecule has 1 aliphatic heterocycles. The number of ether oxygens (including phenoxy) is 2. The van der Waals surface area contributed by atoms with Crippen molar-refractivity contribution in [1.82, 2.24) is 0 Å². The molecule has 0 bridgehead atoms. The summed E-state index contributed by atoms with van der Waals surface area (Å²) in [7, 11) is 3.31. The van der Waals surface area contributed by atoms with Crippen LogP contribution in [0.3, 0.4) is 0 Å². The summed E-state index contributed by atoms with van der Waals surface area (Å²) in [6.07, 6.45) is 0. The van der Waals surface area contributed by atoms with Crippen LogP contribution in [0.5, 0.6) is 11.5 Å². The molecule has 3 nitrogen and oxygen atoms in total. The van der Waals surface area contributed by atoms with Gasteiger partial charge in [0.25, 0.3) is 0 Å². The van der Waals surface area contributed by atoms with Crippen LogP contribution in [0, 0.1) is 0 Å². The molecule has 2 rings (SSSR count). The largest absolute Gasteiger partial charge is 0.493 e. The van der Waals surface area contributed by atoms with Crippen LogP contribution < -0.4 is 14.8 Å². The van der Waals surface area contributed by atoms with Crippen LogP contribution in [0.25, 0.3) is 0 Å². The monoisotopic (exact) mass is 211 g/mol. The van der Waals surface area contributed by atoms with Gasteiger partial charge in [-0.25, -0.2) is 0 Å². The topological polar surface area (TPSA) is 30.5 Å². The Kier molecular flexibility index (Phi) is 2.72. The number of rotatable bonds is 2. The van der Waals surface area contributed by atoms with Crippen LogP contribution in [0.4, 0.5) is 5.69 Å². The fraction of sp³-hybridized carbons (Fsp3) is 0.400. The van der Waals surface area contributed by atoms with Gasteiger partial charge in [-0.3, -0.25) is 0 Å². The van der Waals surface area contributed by atoms with Crippen LogP contribution >= 0.6 is 11.8 Å². The van der Waals surface area contributed by atoms with E-state index in [1.807, 2.05) is 23.9 Å². The minimum absolute atomic E-state index is 0.779. The first kappa shape index (κ1) is 9.52. The van der Waals surface area contributed by atoms with Crippen molar-refractivity contribution in [2.45, 2.75) is 4.90 Å². The van der Waals surface area contributed by atoms with Crippen molar-refractivity contribution in [3.8, 4) is 11.5 Å². The predicted molar refractivity (Wildman–Crippen MR) is 58.8 cm³/mol. The molecular weight excluding hydrogens is 198 g/mol. The Morgan fingerprint density at radius 2 is 1.93 bits per heavy atom. The van der Waals surface area contributed by atoms with Gasteiger partial charge in [0.15, 0.2) is 11.5 Å². The minimum atomic E-state index is 0.779. The van der Waals surface area contributed by atoms with Crippen LogP contribution in [-0.2, 0) is 0 Å². The zero-order valence-electron chi connectivity index (χ0n) is 8.29. The molecule has 0 unspecified atom stereocenters. The molecule has 1 aromatic carbocycles. The molecule has 1 aliphatic rings. The van der Waals surface area contributed by atoms with E-state index in [0.717, 1.165) is 29.5 Å². The fourth-order valence-corrected chi connectivity index (χ4v) is 2.37. The first-order chi connectivity index (χ1) is 6.85. The molecule has 1 aromatic rings. The van der Waals surface area contributed by atoms with E-state index in [2.05, 4.69) is 5.32 Å². The Balaban J connectivity index is 2.43. The van der Waals surface area contributed by atoms with Gasteiger partial charge in [0.2, 0.25) is 0 Å². The van der Waals surface area contributed by atoms with Crippen molar-refractivity contribution in [3.05, 3.63) is 12.1 Å². The minimum Gasteiger partial charge on any atom is -0.493 e. The van der Waals surface area contributed by atoms with Gasteiger partial charge in [-0.05, 0) is 6.07 Å². The van der Waals surface area contributed by atoms with E-state index >= 15 is 0 Å². The number of fused-ring (bicyclic) bond motifs is 1. The molecule has 0 atom stereocenters. The Morgan fingerprint density at radius 3 is 2.64 bits per heavy atom. The molecule has 0 saturated heterocycles. The molecule has 0 spiro atoms. The van der Waals surface area contributed by atoms with Gasteiger partial charge in [-0.1, -0.05) is 0 Å². The van der Waals surface area contributed by atoms with Gasteiger partial charge in [-0.15, -0.1) is 11.8 Å². The Labute approximate surface area is 87.8 Å². The number of methoxy groups -OCH3 is 2. The van der Waals surface area contributed by atoms with E-state index in [1.165, 1.54) is 4.90 Å². The zero-order valence-corrected chi connectivity index (χ0v) is 9.11. The molecule has 0 amide bonds. The van der Waals surface area contributed by atoms with E-state index < -0.39 is 0 Å². The van der Waals surface area contributed by atoms with Gasteiger partial charge in [0, 0.05) is 23.3 Å². The zero-order chi connectivity index (χ0) is 9.97. The highest BCUT2D eigenvalue weighted by Crippen LogP contribution is 2.39. The third-order valence-corrected chi connectivity index (χ3v) is 3.22. The van der Waals surface area contributed by atoms with E-state index in [0.29, 0.717) is 0 Å². The Morgan fingerprint density at radius 1 is 1.21 bits per heavy atom. The standard InChI is InChI=1S/C10H13NO2S/c1-12-8-5-7-10(6-9(8)13-2)14-4-3-11-7/h5-6,11H,3-4H2,1-2H3. The molecule has 1 N–H and O–H groups in total. The average Bonchev–Trinajstić information content (AvgIpc) is 2.27. The second kappa shape index (κ2) is 4.00. The number of thioether (sulfide) groups is 1. The first-order valence-electron chi connectivity index (χ1n) is 4.48. The molecule has 0 radical (unpaired) electrons. The van der Waals surface area contributed by atoms with E-state index in [1.54, 1.807) is 14.2 Å². The lowest BCUT2D eigenvalue weighted by atomic mass is 10.2. The van der Waals surface area contributed by atoms with E-state index in [-0.39, 0.29) is 0 Å². The van der Waals surface area contributed by atoms with Gasteiger partial charge in [0.1, 0.15) is 0 Å². The van der Waals surface area contributed by atoms with Crippen LogP contribution in [0.15, 0.2) is 17.0 Å². The lowest BCUT2D eigenvalue weighted by Crippen LogP contribution is -2.10. The SMILES string of the molecule is COc1cc2c(cc1OC)SCCN2. The smallest absolute Gasteiger partial charge is 0.162 e. The van der Waals surface area contributed by atoms with E-state index in [9.17, 15) is 0 Å². The highest BCUT2D eigenvalue weighted by atomic mass is 32.2. The van der Waals surface area contributed by atoms with Crippen molar-refractivity contribution in [1.29, 1.82) is 0 Å². The van der Waals surface area contributed by atoms with Gasteiger partial charge < -0.3 is 14.8 Å². The summed E-state index contributed by atoms with van der Waals surface area (Å²) >= 11 is 1.84. The van der Waals surface area contributed by atoms with Gasteiger partial charge >= 0.3 is 0 Å². The molecule has 0 saturated carbocycles. The van der Waals surface area contributed by atoms with Crippen molar-refractivity contribution < 1.29 is 9.47 Å². The maximum absolute atomic E-state index is 5.24. The number of benzene rings is 1. The predicted octanol–water partition coefficient (Wildman–Crippen LogP) is 2.22. The third kappa shape index (κ3) is 1.62. The Bertz CT molecular complexity index is 297. The normalized spacial score (nSPS) is 14.1. The van der Waals surface area contributed by atoms with Crippen LogP contribution in [0.1, 0.15) is 0 Å². The highest BCUT2D eigenvalue weighted by molar-refractivity contribution is 7.99. The summed E-state index contributed by atoms with van der Waals surface area (Å²) in [4.78, 5) is 1.23. The number of hydrogen-bond donors (Lipinski definition) is 1. The molecule has 14 heavy (non-hydrogen) atoms. The van der Waals surface area contributed by atoms with Crippen molar-refractivity contribution in [2.75, 3.05) is 31.8 Å². The van der Waals surface area contributed by atoms with Gasteiger partial charge in [-0.2, -0.15) is 0 Å². The number of anilines is 1. The maximum atomic E-state index is 5.24. The van der Waals surface area contributed by atoms with Crippen molar-refractivity contribution in [2.24, 2.45) is 0 Å². The van der Waals surface area contributed by atoms with Crippen LogP contribution in [-0.4, -0.2) is 26.5 Å². The molecular formula is C10H13NO2S. The summed E-state index contributed by atoms with van der Waals surface area (Å²) in [5, 5.41) is 3.33. The lowest BCUT2D eigenvalue weighted by molar-refractivity contribution is 0.354. The van der Waals surface area contributed by atoms with E-state index in [4.69, 9.17) is 9.47 Å². The Hall–Kier alpha value is -1.03. The average molecular weight is 211 g/mol. The molecule has 76 valence electrons. The summed E-state index contributed by atoms with van der Waals surface area (Å²) < 4.78 is 10.5. The first-order valence-corrected chi connectivity index (χ1v) is 5.46. The number of hydrogen-bond acceptors (Lipinski definition) is 4. The second-order valence-corrected chi connectivity index (χ2v) is 4.12. The number of nitrogens with one attached hydrogen (secondary N) is 1. The molecule has 0 fully saturated rings. The van der Waals surface area contributed by atoms with Gasteiger partial charge in [0.05, 0.1) is 19.9 Å². The van der Waals surface area contributed by atoms with Crippen LogP contribution in [0.2, 0.25) is 0 Å². The molecule has 4 heteroatoms. The van der Waals surface area contributed by atoms with Crippen molar-refractivity contribution >= 4 is 17.4 Å². The lowest BCUT2D eigenvalue weighted by Gasteiger charge is -2.19. The maximum Gasteiger partial charge on any atom is 0.162 e. The quantitative estimate of drug-likeness (QED) is 0.812. The van der Waals surface area contributed by atoms with Crippen molar-refractivity contribution in [3.63, 3.8) is 0 Å². The third-order valence-electron chi connectivity index (χ3n) is 2.16. The summed E-state index contributed by atoms with van der Waals surface area (Å²) in [5.41, 5.74) is 1.14. The highest BCUT2D eigenvalue weighted by Gasteiger charge is 2.14. The summed E-state index contributed by atoms with van der Waals surface area (Å²) in [6.45, 7) is 1.01.